The minimum absolute atomic E-state index is 0.0943. The van der Waals surface area contributed by atoms with E-state index in [9.17, 15) is 4.79 Å². The summed E-state index contributed by atoms with van der Waals surface area (Å²) < 4.78 is 17.5. The highest BCUT2D eigenvalue weighted by Gasteiger charge is 2.36. The highest BCUT2D eigenvalue weighted by atomic mass is 32.2. The molecule has 1 amide bonds. The summed E-state index contributed by atoms with van der Waals surface area (Å²) >= 11 is 1.35. The molecule has 0 aromatic heterocycles. The van der Waals surface area contributed by atoms with Gasteiger partial charge in [-0.05, 0) is 48.4 Å². The third kappa shape index (κ3) is 5.65. The molecule has 2 heterocycles. The minimum Gasteiger partial charge on any atom is -0.493 e. The highest BCUT2D eigenvalue weighted by molar-refractivity contribution is 8.17. The van der Waals surface area contributed by atoms with Gasteiger partial charge in [-0.15, -0.1) is 0 Å². The van der Waals surface area contributed by atoms with Crippen molar-refractivity contribution >= 4 is 40.4 Å². The Bertz CT molecular complexity index is 1420. The second-order valence-electron chi connectivity index (χ2n) is 8.43. The van der Waals surface area contributed by atoms with Crippen LogP contribution in [0.1, 0.15) is 24.5 Å². The Hall–Kier alpha value is -4.30. The van der Waals surface area contributed by atoms with E-state index in [1.807, 2.05) is 91.2 Å². The summed E-state index contributed by atoms with van der Waals surface area (Å²) in [6, 6.07) is 24.9. The molecule has 2 aliphatic rings. The molecule has 38 heavy (non-hydrogen) atoms. The molecule has 0 fully saturated rings. The van der Waals surface area contributed by atoms with Gasteiger partial charge in [0.15, 0.2) is 16.7 Å². The van der Waals surface area contributed by atoms with Crippen molar-refractivity contribution in [3.63, 3.8) is 0 Å². The van der Waals surface area contributed by atoms with Crippen molar-refractivity contribution in [2.45, 2.75) is 13.3 Å². The molecule has 0 atom stereocenters. The van der Waals surface area contributed by atoms with Crippen molar-refractivity contribution in [2.75, 3.05) is 19.8 Å². The topological polar surface area (TPSA) is 84.2 Å². The van der Waals surface area contributed by atoms with E-state index in [0.717, 1.165) is 22.6 Å². The van der Waals surface area contributed by atoms with E-state index < -0.39 is 5.91 Å². The molecule has 3 aromatic rings. The first-order valence-electron chi connectivity index (χ1n) is 12.4. The Balaban J connectivity index is 1.29. The number of thioether (sulfide) groups is 1. The molecule has 5 rings (SSSR count). The first kappa shape index (κ1) is 25.4. The number of ether oxygens (including phenoxy) is 3. The highest BCUT2D eigenvalue weighted by Crippen LogP contribution is 2.37. The zero-order chi connectivity index (χ0) is 26.3. The first-order chi connectivity index (χ1) is 18.6. The molecular weight excluding hydrogens is 498 g/mol. The molecule has 1 N–H and O–H groups in total. The third-order valence-corrected chi connectivity index (χ3v) is 6.65. The number of benzene rings is 3. The van der Waals surface area contributed by atoms with Gasteiger partial charge >= 0.3 is 0 Å². The van der Waals surface area contributed by atoms with Crippen LogP contribution < -0.4 is 14.2 Å². The summed E-state index contributed by atoms with van der Waals surface area (Å²) in [5.41, 5.74) is 2.72. The van der Waals surface area contributed by atoms with E-state index in [4.69, 9.17) is 19.6 Å². The van der Waals surface area contributed by atoms with Crippen molar-refractivity contribution in [2.24, 2.45) is 4.99 Å². The van der Waals surface area contributed by atoms with Crippen LogP contribution in [0.4, 0.5) is 0 Å². The van der Waals surface area contributed by atoms with Crippen LogP contribution in [-0.2, 0) is 4.79 Å². The fourth-order valence-corrected chi connectivity index (χ4v) is 4.92. The predicted molar refractivity (Wildman–Crippen MR) is 152 cm³/mol. The van der Waals surface area contributed by atoms with E-state index in [1.165, 1.54) is 11.8 Å². The van der Waals surface area contributed by atoms with Crippen molar-refractivity contribution in [3.8, 4) is 17.2 Å². The van der Waals surface area contributed by atoms with Crippen molar-refractivity contribution in [1.82, 2.24) is 4.90 Å². The monoisotopic (exact) mass is 525 g/mol. The van der Waals surface area contributed by atoms with Gasteiger partial charge in [-0.25, -0.2) is 0 Å². The predicted octanol–water partition coefficient (Wildman–Crippen LogP) is 6.24. The third-order valence-electron chi connectivity index (χ3n) is 5.82. The molecule has 0 spiro atoms. The van der Waals surface area contributed by atoms with E-state index in [1.54, 1.807) is 11.0 Å². The lowest BCUT2D eigenvalue weighted by atomic mass is 10.1. The molecule has 7 nitrogen and oxygen atoms in total. The van der Waals surface area contributed by atoms with Gasteiger partial charge in [0.1, 0.15) is 11.6 Å². The Labute approximate surface area is 225 Å². The Morgan fingerprint density at radius 3 is 2.42 bits per heavy atom. The number of rotatable bonds is 10. The van der Waals surface area contributed by atoms with Gasteiger partial charge in [0, 0.05) is 11.8 Å². The van der Waals surface area contributed by atoms with Crippen LogP contribution in [-0.4, -0.2) is 41.6 Å². The van der Waals surface area contributed by atoms with E-state index in [2.05, 4.69) is 4.99 Å². The fraction of sp³-hybridized carbons (Fsp3) is 0.167. The number of fused-ring (bicyclic) bond motifs is 1. The maximum atomic E-state index is 12.9. The van der Waals surface area contributed by atoms with Gasteiger partial charge in [-0.1, -0.05) is 66.4 Å². The number of carbonyl (C=O) groups excluding carboxylic acids is 1. The van der Waals surface area contributed by atoms with Gasteiger partial charge in [-0.2, -0.15) is 4.99 Å². The van der Waals surface area contributed by atoms with E-state index in [-0.39, 0.29) is 11.4 Å². The maximum Gasteiger partial charge on any atom is 0.283 e. The van der Waals surface area contributed by atoms with Crippen molar-refractivity contribution in [3.05, 3.63) is 101 Å². The molecule has 0 saturated carbocycles. The van der Waals surface area contributed by atoms with Crippen LogP contribution in [0, 0.1) is 5.41 Å². The lowest BCUT2D eigenvalue weighted by molar-refractivity contribution is -0.114. The summed E-state index contributed by atoms with van der Waals surface area (Å²) in [6.07, 6.45) is 2.39. The molecule has 0 bridgehead atoms. The van der Waals surface area contributed by atoms with Gasteiger partial charge < -0.3 is 14.2 Å². The second kappa shape index (κ2) is 11.8. The summed E-state index contributed by atoms with van der Waals surface area (Å²) in [4.78, 5) is 18.8. The Morgan fingerprint density at radius 1 is 0.921 bits per heavy atom. The number of carbonyl (C=O) groups is 1. The number of nitrogens with one attached hydrogen (secondary N) is 1. The van der Waals surface area contributed by atoms with Crippen molar-refractivity contribution in [1.29, 1.82) is 5.41 Å². The number of amides is 1. The normalized spacial score (nSPS) is 15.7. The number of hydrogen-bond donors (Lipinski definition) is 1. The molecule has 0 aliphatic carbocycles. The van der Waals surface area contributed by atoms with Gasteiger partial charge in [0.2, 0.25) is 0 Å². The van der Waals surface area contributed by atoms with Gasteiger partial charge in [0.05, 0.1) is 31.1 Å². The standard InChI is InChI=1S/C30H27N3O4S/c1-2-35-27-19-21(14-15-26(27)37-17-9-16-36-23-12-7-4-8-13-23)18-24-28(31)33-25(22-10-5-3-6-11-22)20-38-30(33)32-29(24)34/h3-8,10-15,18-20,31H,2,9,16-17H2,1H3/b24-18+,31-28?. The van der Waals surface area contributed by atoms with Crippen LogP contribution in [0.25, 0.3) is 11.8 Å². The average molecular weight is 526 g/mol. The van der Waals surface area contributed by atoms with Crippen LogP contribution in [0.15, 0.2) is 94.8 Å². The van der Waals surface area contributed by atoms with Crippen LogP contribution >= 0.6 is 11.8 Å². The van der Waals surface area contributed by atoms with Crippen molar-refractivity contribution < 1.29 is 19.0 Å². The SMILES string of the molecule is CCOc1cc(/C=C2\C(=N)N3C(c4ccccc4)=CSC3=NC2=O)ccc1OCCCOc1ccccc1. The van der Waals surface area contributed by atoms with Gasteiger partial charge in [0.25, 0.3) is 5.91 Å². The second-order valence-corrected chi connectivity index (χ2v) is 9.27. The van der Waals surface area contributed by atoms with Crippen LogP contribution in [0.5, 0.6) is 17.2 Å². The molecule has 0 radical (unpaired) electrons. The number of aliphatic imine (C=N–C) groups is 1. The lowest BCUT2D eigenvalue weighted by Gasteiger charge is -2.27. The number of hydrogen-bond acceptors (Lipinski definition) is 6. The molecule has 3 aromatic carbocycles. The average Bonchev–Trinajstić information content (AvgIpc) is 3.37. The summed E-state index contributed by atoms with van der Waals surface area (Å²) in [5.74, 6) is 1.68. The Morgan fingerprint density at radius 2 is 1.66 bits per heavy atom. The summed E-state index contributed by atoms with van der Waals surface area (Å²) in [6.45, 7) is 3.38. The van der Waals surface area contributed by atoms with E-state index in [0.29, 0.717) is 42.9 Å². The Kier molecular flexibility index (Phi) is 7.89. The summed E-state index contributed by atoms with van der Waals surface area (Å²) in [7, 11) is 0. The number of para-hydroxylation sites is 1. The largest absolute Gasteiger partial charge is 0.493 e. The zero-order valence-corrected chi connectivity index (χ0v) is 21.7. The summed E-state index contributed by atoms with van der Waals surface area (Å²) in [5, 5.41) is 11.2. The molecule has 0 unspecified atom stereocenters. The van der Waals surface area contributed by atoms with E-state index >= 15 is 0 Å². The smallest absolute Gasteiger partial charge is 0.283 e. The molecular formula is C30H27N3O4S. The van der Waals surface area contributed by atoms with Gasteiger partial charge in [-0.3, -0.25) is 15.1 Å². The quantitative estimate of drug-likeness (QED) is 0.249. The van der Waals surface area contributed by atoms with Crippen LogP contribution in [0.2, 0.25) is 0 Å². The number of nitrogens with zero attached hydrogens (tertiary/aromatic N) is 2. The number of amidine groups is 2. The zero-order valence-electron chi connectivity index (χ0n) is 20.9. The first-order valence-corrected chi connectivity index (χ1v) is 13.3. The lowest BCUT2D eigenvalue weighted by Crippen LogP contribution is -2.38. The maximum absolute atomic E-state index is 12.9. The molecule has 2 aliphatic heterocycles. The molecule has 8 heteroatoms. The minimum atomic E-state index is -0.437. The fourth-order valence-electron chi connectivity index (χ4n) is 4.03. The molecule has 192 valence electrons. The molecule has 0 saturated heterocycles. The van der Waals surface area contributed by atoms with Crippen LogP contribution in [0.3, 0.4) is 0 Å².